The molecule has 76 valence electrons. The molecule has 1 aliphatic rings. The first-order valence-electron chi connectivity index (χ1n) is 4.98. The largest absolute Gasteiger partial charge is 0.399 e. The minimum Gasteiger partial charge on any atom is -0.399 e. The zero-order chi connectivity index (χ0) is 10.2. The van der Waals surface area contributed by atoms with Crippen LogP contribution in [0.5, 0.6) is 0 Å². The lowest BCUT2D eigenvalue weighted by molar-refractivity contribution is 0.0233. The lowest BCUT2D eigenvalue weighted by Crippen LogP contribution is -2.52. The van der Waals surface area contributed by atoms with Gasteiger partial charge in [-0.05, 0) is 17.5 Å². The van der Waals surface area contributed by atoms with Gasteiger partial charge < -0.3 is 5.73 Å². The molecule has 1 aliphatic heterocycles. The molecular weight excluding hydrogens is 174 g/mol. The van der Waals surface area contributed by atoms with Crippen molar-refractivity contribution >= 4 is 5.69 Å². The van der Waals surface area contributed by atoms with E-state index in [0.717, 1.165) is 31.0 Å². The first kappa shape index (κ1) is 9.46. The standard InChI is InChI=1S/C11H17N3/c1-11(2)7-14(8-11)6-10-5-9(12)3-4-13-10/h3-5H,6-8H2,1-2H3,(H2,12,13). The predicted molar refractivity (Wildman–Crippen MR) is 57.7 cm³/mol. The van der Waals surface area contributed by atoms with Crippen molar-refractivity contribution in [3.05, 3.63) is 24.0 Å². The summed E-state index contributed by atoms with van der Waals surface area (Å²) in [5, 5.41) is 0. The number of anilines is 1. The fraction of sp³-hybridized carbons (Fsp3) is 0.545. The van der Waals surface area contributed by atoms with Crippen molar-refractivity contribution in [1.82, 2.24) is 9.88 Å². The Morgan fingerprint density at radius 1 is 1.50 bits per heavy atom. The highest BCUT2D eigenvalue weighted by molar-refractivity contribution is 5.37. The van der Waals surface area contributed by atoms with Crippen LogP contribution in [0, 0.1) is 5.41 Å². The number of hydrogen-bond acceptors (Lipinski definition) is 3. The van der Waals surface area contributed by atoms with Gasteiger partial charge in [-0.2, -0.15) is 0 Å². The summed E-state index contributed by atoms with van der Waals surface area (Å²) in [4.78, 5) is 6.68. The maximum absolute atomic E-state index is 5.69. The second-order valence-corrected chi connectivity index (χ2v) is 4.89. The van der Waals surface area contributed by atoms with Crippen LogP contribution in [-0.4, -0.2) is 23.0 Å². The minimum atomic E-state index is 0.486. The predicted octanol–water partition coefficient (Wildman–Crippen LogP) is 1.51. The summed E-state index contributed by atoms with van der Waals surface area (Å²) in [6, 6.07) is 3.77. The molecule has 1 aromatic rings. The van der Waals surface area contributed by atoms with Crippen LogP contribution < -0.4 is 5.73 Å². The van der Waals surface area contributed by atoms with Gasteiger partial charge in [-0.1, -0.05) is 13.8 Å². The molecule has 3 nitrogen and oxygen atoms in total. The molecule has 2 heterocycles. The topological polar surface area (TPSA) is 42.1 Å². The Hall–Kier alpha value is -1.09. The van der Waals surface area contributed by atoms with Crippen molar-refractivity contribution in [1.29, 1.82) is 0 Å². The molecule has 1 aromatic heterocycles. The third-order valence-corrected chi connectivity index (χ3v) is 2.53. The molecule has 2 rings (SSSR count). The van der Waals surface area contributed by atoms with Gasteiger partial charge in [-0.25, -0.2) is 0 Å². The monoisotopic (exact) mass is 191 g/mol. The zero-order valence-corrected chi connectivity index (χ0v) is 8.83. The fourth-order valence-electron chi connectivity index (χ4n) is 2.09. The highest BCUT2D eigenvalue weighted by atomic mass is 15.2. The zero-order valence-electron chi connectivity index (χ0n) is 8.83. The van der Waals surface area contributed by atoms with Gasteiger partial charge in [0.2, 0.25) is 0 Å². The number of rotatable bonds is 2. The van der Waals surface area contributed by atoms with Crippen molar-refractivity contribution in [2.75, 3.05) is 18.8 Å². The fourth-order valence-corrected chi connectivity index (χ4v) is 2.09. The van der Waals surface area contributed by atoms with E-state index < -0.39 is 0 Å². The van der Waals surface area contributed by atoms with Gasteiger partial charge in [-0.3, -0.25) is 9.88 Å². The number of nitrogens with zero attached hydrogens (tertiary/aromatic N) is 2. The second kappa shape index (κ2) is 3.24. The van der Waals surface area contributed by atoms with Gasteiger partial charge in [0.15, 0.2) is 0 Å². The van der Waals surface area contributed by atoms with Crippen molar-refractivity contribution in [2.24, 2.45) is 5.41 Å². The average Bonchev–Trinajstić information content (AvgIpc) is 2.00. The molecule has 1 saturated heterocycles. The van der Waals surface area contributed by atoms with E-state index in [4.69, 9.17) is 5.73 Å². The third-order valence-electron chi connectivity index (χ3n) is 2.53. The van der Waals surface area contributed by atoms with Crippen LogP contribution in [0.25, 0.3) is 0 Å². The van der Waals surface area contributed by atoms with Crippen LogP contribution in [0.4, 0.5) is 5.69 Å². The maximum atomic E-state index is 5.69. The van der Waals surface area contributed by atoms with Gasteiger partial charge in [0.25, 0.3) is 0 Å². The van der Waals surface area contributed by atoms with E-state index in [0.29, 0.717) is 5.41 Å². The van der Waals surface area contributed by atoms with Crippen molar-refractivity contribution in [3.63, 3.8) is 0 Å². The van der Waals surface area contributed by atoms with Gasteiger partial charge >= 0.3 is 0 Å². The Bertz CT molecular complexity index is 325. The molecular formula is C11H17N3. The molecule has 0 bridgehead atoms. The molecule has 14 heavy (non-hydrogen) atoms. The van der Waals surface area contributed by atoms with Crippen LogP contribution in [0.1, 0.15) is 19.5 Å². The van der Waals surface area contributed by atoms with E-state index in [1.54, 1.807) is 6.20 Å². The molecule has 0 saturated carbocycles. The van der Waals surface area contributed by atoms with Crippen LogP contribution in [0.15, 0.2) is 18.3 Å². The summed E-state index contributed by atoms with van der Waals surface area (Å²) in [7, 11) is 0. The summed E-state index contributed by atoms with van der Waals surface area (Å²) in [5.74, 6) is 0. The van der Waals surface area contributed by atoms with E-state index in [2.05, 4.69) is 23.7 Å². The minimum absolute atomic E-state index is 0.486. The van der Waals surface area contributed by atoms with E-state index in [1.807, 2.05) is 12.1 Å². The van der Waals surface area contributed by atoms with Crippen molar-refractivity contribution in [3.8, 4) is 0 Å². The van der Waals surface area contributed by atoms with Gasteiger partial charge in [0, 0.05) is 31.5 Å². The lowest BCUT2D eigenvalue weighted by Gasteiger charge is -2.45. The quantitative estimate of drug-likeness (QED) is 0.770. The number of pyridine rings is 1. The molecule has 0 radical (unpaired) electrons. The Kier molecular flexibility index (Phi) is 2.19. The van der Waals surface area contributed by atoms with Crippen molar-refractivity contribution in [2.45, 2.75) is 20.4 Å². The van der Waals surface area contributed by atoms with E-state index >= 15 is 0 Å². The van der Waals surface area contributed by atoms with Gasteiger partial charge in [0.1, 0.15) is 0 Å². The summed E-state index contributed by atoms with van der Waals surface area (Å²) in [6.45, 7) is 7.81. The molecule has 0 aliphatic carbocycles. The van der Waals surface area contributed by atoms with Crippen LogP contribution in [0.3, 0.4) is 0 Å². The third kappa shape index (κ3) is 2.04. The first-order valence-corrected chi connectivity index (χ1v) is 4.98. The number of nitrogens with two attached hydrogens (primary N) is 1. The summed E-state index contributed by atoms with van der Waals surface area (Å²) >= 11 is 0. The Morgan fingerprint density at radius 2 is 2.21 bits per heavy atom. The maximum Gasteiger partial charge on any atom is 0.0564 e. The van der Waals surface area contributed by atoms with Crippen LogP contribution in [0.2, 0.25) is 0 Å². The number of nitrogen functional groups attached to an aromatic ring is 1. The Morgan fingerprint density at radius 3 is 2.79 bits per heavy atom. The highest BCUT2D eigenvalue weighted by Gasteiger charge is 2.33. The highest BCUT2D eigenvalue weighted by Crippen LogP contribution is 2.29. The second-order valence-electron chi connectivity index (χ2n) is 4.89. The molecule has 0 spiro atoms. The smallest absolute Gasteiger partial charge is 0.0564 e. The number of hydrogen-bond donors (Lipinski definition) is 1. The molecule has 0 aromatic carbocycles. The molecule has 1 fully saturated rings. The summed E-state index contributed by atoms with van der Waals surface area (Å²) < 4.78 is 0. The first-order chi connectivity index (χ1) is 6.55. The molecule has 0 amide bonds. The molecule has 0 atom stereocenters. The normalized spacial score (nSPS) is 20.4. The lowest BCUT2D eigenvalue weighted by atomic mass is 9.84. The van der Waals surface area contributed by atoms with E-state index in [-0.39, 0.29) is 0 Å². The SMILES string of the molecule is CC1(C)CN(Cc2cc(N)ccn2)C1. The number of aromatic nitrogens is 1. The molecule has 2 N–H and O–H groups in total. The van der Waals surface area contributed by atoms with E-state index in [9.17, 15) is 0 Å². The molecule has 0 unspecified atom stereocenters. The van der Waals surface area contributed by atoms with Crippen LogP contribution >= 0.6 is 0 Å². The Balaban J connectivity index is 1.93. The average molecular weight is 191 g/mol. The summed E-state index contributed by atoms with van der Waals surface area (Å²) in [6.07, 6.45) is 1.77. The van der Waals surface area contributed by atoms with Gasteiger partial charge in [-0.15, -0.1) is 0 Å². The van der Waals surface area contributed by atoms with Crippen LogP contribution in [-0.2, 0) is 6.54 Å². The number of likely N-dealkylation sites (tertiary alicyclic amines) is 1. The van der Waals surface area contributed by atoms with E-state index in [1.165, 1.54) is 0 Å². The van der Waals surface area contributed by atoms with Crippen molar-refractivity contribution < 1.29 is 0 Å². The van der Waals surface area contributed by atoms with Gasteiger partial charge in [0.05, 0.1) is 5.69 Å². The Labute approximate surface area is 84.9 Å². The molecule has 3 heteroatoms. The summed E-state index contributed by atoms with van der Waals surface area (Å²) in [5.41, 5.74) is 8.05.